The van der Waals surface area contributed by atoms with E-state index in [9.17, 15) is 13.6 Å². The third-order valence-electron chi connectivity index (χ3n) is 3.48. The van der Waals surface area contributed by atoms with Gasteiger partial charge in [-0.05, 0) is 41.5 Å². The van der Waals surface area contributed by atoms with Crippen LogP contribution in [0.4, 0.5) is 14.5 Å². The summed E-state index contributed by atoms with van der Waals surface area (Å²) < 4.78 is 33.8. The van der Waals surface area contributed by atoms with Gasteiger partial charge in [0.15, 0.2) is 0 Å². The second kappa shape index (κ2) is 6.64. The number of alkyl halides is 2. The third-order valence-corrected chi connectivity index (χ3v) is 3.48. The molecule has 6 heteroatoms. The highest BCUT2D eigenvalue weighted by molar-refractivity contribution is 5.92. The van der Waals surface area contributed by atoms with Crippen LogP contribution in [0, 0.1) is 0 Å². The largest absolute Gasteiger partial charge is 0.493 e. The van der Waals surface area contributed by atoms with Crippen LogP contribution in [0.25, 0.3) is 0 Å². The average Bonchev–Trinajstić information content (AvgIpc) is 2.96. The Balaban J connectivity index is 1.58. The fourth-order valence-corrected chi connectivity index (χ4v) is 2.46. The summed E-state index contributed by atoms with van der Waals surface area (Å²) in [4.78, 5) is 12.1. The van der Waals surface area contributed by atoms with Crippen LogP contribution in [0.2, 0.25) is 0 Å². The normalized spacial score (nSPS) is 12.7. The maximum Gasteiger partial charge on any atom is 0.387 e. The van der Waals surface area contributed by atoms with Gasteiger partial charge in [0.25, 0.3) is 0 Å². The van der Waals surface area contributed by atoms with Gasteiger partial charge in [-0.1, -0.05) is 12.1 Å². The van der Waals surface area contributed by atoms with Crippen LogP contribution in [0.15, 0.2) is 42.5 Å². The smallest absolute Gasteiger partial charge is 0.387 e. The summed E-state index contributed by atoms with van der Waals surface area (Å²) in [6.07, 6.45) is 1.10. The van der Waals surface area contributed by atoms with E-state index in [1.807, 2.05) is 18.2 Å². The van der Waals surface area contributed by atoms with E-state index < -0.39 is 6.61 Å². The Morgan fingerprint density at radius 1 is 1.22 bits per heavy atom. The van der Waals surface area contributed by atoms with Gasteiger partial charge in [-0.15, -0.1) is 0 Å². The predicted molar refractivity (Wildman–Crippen MR) is 81.0 cm³/mol. The molecule has 1 aliphatic rings. The minimum atomic E-state index is -2.86. The van der Waals surface area contributed by atoms with Gasteiger partial charge < -0.3 is 14.8 Å². The summed E-state index contributed by atoms with van der Waals surface area (Å²) in [5.41, 5.74) is 2.55. The Morgan fingerprint density at radius 2 is 2.00 bits per heavy atom. The lowest BCUT2D eigenvalue weighted by molar-refractivity contribution is -0.115. The Hall–Kier alpha value is -2.63. The van der Waals surface area contributed by atoms with E-state index in [1.54, 1.807) is 0 Å². The van der Waals surface area contributed by atoms with Crippen molar-refractivity contribution in [2.24, 2.45) is 0 Å². The molecule has 1 aliphatic heterocycles. The van der Waals surface area contributed by atoms with Crippen LogP contribution in [-0.4, -0.2) is 19.1 Å². The zero-order valence-electron chi connectivity index (χ0n) is 12.2. The van der Waals surface area contributed by atoms with Gasteiger partial charge in [-0.25, -0.2) is 0 Å². The summed E-state index contributed by atoms with van der Waals surface area (Å²) in [5, 5.41) is 2.73. The van der Waals surface area contributed by atoms with Gasteiger partial charge in [0.05, 0.1) is 13.0 Å². The fraction of sp³-hybridized carbons (Fsp3) is 0.235. The molecule has 4 nitrogen and oxygen atoms in total. The average molecular weight is 319 g/mol. The molecular weight excluding hydrogens is 304 g/mol. The number of ether oxygens (including phenoxy) is 2. The van der Waals surface area contributed by atoms with Crippen molar-refractivity contribution in [2.75, 3.05) is 11.9 Å². The van der Waals surface area contributed by atoms with Crippen molar-refractivity contribution in [1.82, 2.24) is 0 Å². The summed E-state index contributed by atoms with van der Waals surface area (Å²) >= 11 is 0. The zero-order valence-corrected chi connectivity index (χ0v) is 12.2. The first-order valence-corrected chi connectivity index (χ1v) is 7.19. The second-order valence-electron chi connectivity index (χ2n) is 5.17. The molecule has 0 spiro atoms. The van der Waals surface area contributed by atoms with Gasteiger partial charge in [0, 0.05) is 12.1 Å². The maximum absolute atomic E-state index is 12.1. The van der Waals surface area contributed by atoms with Crippen molar-refractivity contribution in [1.29, 1.82) is 0 Å². The van der Waals surface area contributed by atoms with Gasteiger partial charge in [0.2, 0.25) is 5.91 Å². The molecule has 1 heterocycles. The molecule has 2 aromatic carbocycles. The Bertz CT molecular complexity index is 701. The second-order valence-corrected chi connectivity index (χ2v) is 5.17. The molecule has 3 rings (SSSR count). The Labute approximate surface area is 132 Å². The maximum atomic E-state index is 12.1. The number of anilines is 1. The molecule has 1 amide bonds. The van der Waals surface area contributed by atoms with Gasteiger partial charge in [-0.3, -0.25) is 4.79 Å². The highest BCUT2D eigenvalue weighted by atomic mass is 19.3. The molecule has 1 N–H and O–H groups in total. The lowest BCUT2D eigenvalue weighted by Crippen LogP contribution is -2.14. The predicted octanol–water partition coefficient (Wildman–Crippen LogP) is 3.40. The highest BCUT2D eigenvalue weighted by Crippen LogP contribution is 2.26. The van der Waals surface area contributed by atoms with Crippen molar-refractivity contribution >= 4 is 11.6 Å². The van der Waals surface area contributed by atoms with Crippen LogP contribution < -0.4 is 14.8 Å². The Morgan fingerprint density at radius 3 is 2.74 bits per heavy atom. The van der Waals surface area contributed by atoms with E-state index in [2.05, 4.69) is 10.1 Å². The lowest BCUT2D eigenvalue weighted by atomic mass is 10.1. The highest BCUT2D eigenvalue weighted by Gasteiger charge is 2.13. The molecule has 2 aromatic rings. The quantitative estimate of drug-likeness (QED) is 0.919. The van der Waals surface area contributed by atoms with Crippen LogP contribution in [0.5, 0.6) is 11.5 Å². The number of hydrogen-bond donors (Lipinski definition) is 1. The summed E-state index contributed by atoms with van der Waals surface area (Å²) in [6.45, 7) is -2.18. The standard InChI is InChI=1S/C17H15F2NO3/c18-17(19)23-14-4-2-13(3-5-14)20-16(21)10-11-1-6-15-12(9-11)7-8-22-15/h1-6,9,17H,7-8,10H2,(H,20,21). The third kappa shape index (κ3) is 3.97. The van der Waals surface area contributed by atoms with E-state index in [-0.39, 0.29) is 18.1 Å². The van der Waals surface area contributed by atoms with Crippen molar-refractivity contribution in [3.63, 3.8) is 0 Å². The van der Waals surface area contributed by atoms with E-state index >= 15 is 0 Å². The molecule has 0 unspecified atom stereocenters. The molecule has 0 saturated carbocycles. The number of amides is 1. The first kappa shape index (κ1) is 15.3. The van der Waals surface area contributed by atoms with Gasteiger partial charge in [-0.2, -0.15) is 8.78 Å². The van der Waals surface area contributed by atoms with Crippen LogP contribution >= 0.6 is 0 Å². The summed E-state index contributed by atoms with van der Waals surface area (Å²) in [7, 11) is 0. The fourth-order valence-electron chi connectivity index (χ4n) is 2.46. The van der Waals surface area contributed by atoms with Crippen LogP contribution in [0.3, 0.4) is 0 Å². The van der Waals surface area contributed by atoms with Crippen molar-refractivity contribution < 1.29 is 23.0 Å². The van der Waals surface area contributed by atoms with Crippen molar-refractivity contribution in [3.8, 4) is 11.5 Å². The number of fused-ring (bicyclic) bond motifs is 1. The molecule has 0 saturated heterocycles. The SMILES string of the molecule is O=C(Cc1ccc2c(c1)CCO2)Nc1ccc(OC(F)F)cc1. The van der Waals surface area contributed by atoms with Gasteiger partial charge >= 0.3 is 6.61 Å². The topological polar surface area (TPSA) is 47.6 Å². The number of carbonyl (C=O) groups is 1. The number of benzene rings is 2. The van der Waals surface area contributed by atoms with Crippen LogP contribution in [-0.2, 0) is 17.6 Å². The molecule has 120 valence electrons. The van der Waals surface area contributed by atoms with E-state index in [4.69, 9.17) is 4.74 Å². The van der Waals surface area contributed by atoms with E-state index in [0.717, 1.165) is 23.3 Å². The lowest BCUT2D eigenvalue weighted by Gasteiger charge is -2.08. The van der Waals surface area contributed by atoms with E-state index in [0.29, 0.717) is 12.3 Å². The van der Waals surface area contributed by atoms with Crippen LogP contribution in [0.1, 0.15) is 11.1 Å². The minimum Gasteiger partial charge on any atom is -0.493 e. The zero-order chi connectivity index (χ0) is 16.2. The number of nitrogens with one attached hydrogen (secondary N) is 1. The van der Waals surface area contributed by atoms with Crippen molar-refractivity contribution in [2.45, 2.75) is 19.5 Å². The number of carbonyl (C=O) groups excluding carboxylic acids is 1. The molecule has 0 radical (unpaired) electrons. The number of rotatable bonds is 5. The molecule has 0 aromatic heterocycles. The molecule has 0 atom stereocenters. The first-order chi connectivity index (χ1) is 11.1. The minimum absolute atomic E-state index is 0.0524. The monoisotopic (exact) mass is 319 g/mol. The molecule has 0 fully saturated rings. The summed E-state index contributed by atoms with van der Waals surface area (Å²) in [5.74, 6) is 0.756. The van der Waals surface area contributed by atoms with Gasteiger partial charge in [0.1, 0.15) is 11.5 Å². The van der Waals surface area contributed by atoms with E-state index in [1.165, 1.54) is 24.3 Å². The molecular formula is C17H15F2NO3. The molecule has 23 heavy (non-hydrogen) atoms. The number of halogens is 2. The van der Waals surface area contributed by atoms with Crippen molar-refractivity contribution in [3.05, 3.63) is 53.6 Å². The summed E-state index contributed by atoms with van der Waals surface area (Å²) in [6, 6.07) is 11.5. The first-order valence-electron chi connectivity index (χ1n) is 7.19. The molecule has 0 bridgehead atoms. The Kier molecular flexibility index (Phi) is 4.41. The number of hydrogen-bond acceptors (Lipinski definition) is 3. The molecule has 0 aliphatic carbocycles.